The van der Waals surface area contributed by atoms with Crippen molar-refractivity contribution in [3.63, 3.8) is 0 Å². The Hall–Kier alpha value is -3.02. The molecule has 2 aromatic carbocycles. The third-order valence-electron chi connectivity index (χ3n) is 2.96. The van der Waals surface area contributed by atoms with E-state index in [2.05, 4.69) is 10.1 Å². The van der Waals surface area contributed by atoms with Gasteiger partial charge in [-0.05, 0) is 24.3 Å². The zero-order chi connectivity index (χ0) is 14.8. The molecule has 3 aromatic rings. The van der Waals surface area contributed by atoms with Crippen LogP contribution in [0.2, 0.25) is 0 Å². The van der Waals surface area contributed by atoms with Gasteiger partial charge in [-0.25, -0.2) is 18.9 Å². The van der Waals surface area contributed by atoms with E-state index in [0.717, 1.165) is 0 Å². The van der Waals surface area contributed by atoms with Gasteiger partial charge in [0.1, 0.15) is 17.8 Å². The second-order valence-corrected chi connectivity index (χ2v) is 4.35. The van der Waals surface area contributed by atoms with Gasteiger partial charge in [-0.1, -0.05) is 24.3 Å². The largest absolute Gasteiger partial charge is 0.478 e. The Bertz CT molecular complexity index is 814. The minimum atomic E-state index is -1.02. The molecule has 0 aliphatic carbocycles. The van der Waals surface area contributed by atoms with Crippen molar-refractivity contribution >= 4 is 5.97 Å². The maximum absolute atomic E-state index is 13.7. The Morgan fingerprint density at radius 1 is 1.14 bits per heavy atom. The second-order valence-electron chi connectivity index (χ2n) is 4.35. The quantitative estimate of drug-likeness (QED) is 0.802. The first-order valence-electron chi connectivity index (χ1n) is 6.15. The van der Waals surface area contributed by atoms with Gasteiger partial charge in [-0.3, -0.25) is 0 Å². The highest BCUT2D eigenvalue weighted by Gasteiger charge is 2.10. The first kappa shape index (κ1) is 13.0. The lowest BCUT2D eigenvalue weighted by Gasteiger charge is -2.01. The Kier molecular flexibility index (Phi) is 3.19. The van der Waals surface area contributed by atoms with Gasteiger partial charge in [-0.15, -0.1) is 5.10 Å². The first-order chi connectivity index (χ1) is 10.1. The number of para-hydroxylation sites is 1. The van der Waals surface area contributed by atoms with Gasteiger partial charge in [0.2, 0.25) is 0 Å². The predicted octanol–water partition coefficient (Wildman–Crippen LogP) is 2.77. The van der Waals surface area contributed by atoms with Crippen molar-refractivity contribution in [2.24, 2.45) is 0 Å². The number of rotatable bonds is 3. The van der Waals surface area contributed by atoms with Gasteiger partial charge in [0.25, 0.3) is 0 Å². The maximum atomic E-state index is 13.7. The van der Waals surface area contributed by atoms with Crippen LogP contribution in [0.3, 0.4) is 0 Å². The number of aromatic nitrogens is 3. The van der Waals surface area contributed by atoms with Crippen LogP contribution in [0.5, 0.6) is 0 Å². The Morgan fingerprint density at radius 2 is 1.95 bits per heavy atom. The van der Waals surface area contributed by atoms with Gasteiger partial charge >= 0.3 is 5.97 Å². The van der Waals surface area contributed by atoms with Crippen molar-refractivity contribution in [1.29, 1.82) is 0 Å². The third-order valence-corrected chi connectivity index (χ3v) is 2.96. The van der Waals surface area contributed by atoms with Crippen LogP contribution in [0.25, 0.3) is 17.1 Å². The van der Waals surface area contributed by atoms with E-state index in [1.807, 2.05) is 0 Å². The molecule has 0 radical (unpaired) electrons. The van der Waals surface area contributed by atoms with Gasteiger partial charge in [0.15, 0.2) is 5.82 Å². The van der Waals surface area contributed by atoms with Crippen LogP contribution in [0.15, 0.2) is 54.9 Å². The van der Waals surface area contributed by atoms with Crippen LogP contribution in [0.1, 0.15) is 10.4 Å². The fraction of sp³-hybridized carbons (Fsp3) is 0. The van der Waals surface area contributed by atoms with Crippen molar-refractivity contribution in [1.82, 2.24) is 14.8 Å². The molecule has 0 saturated heterocycles. The first-order valence-corrected chi connectivity index (χ1v) is 6.15. The van der Waals surface area contributed by atoms with Gasteiger partial charge in [0.05, 0.1) is 5.56 Å². The van der Waals surface area contributed by atoms with E-state index in [1.54, 1.807) is 30.3 Å². The summed E-state index contributed by atoms with van der Waals surface area (Å²) in [5.41, 5.74) is 0.991. The third kappa shape index (κ3) is 2.51. The summed E-state index contributed by atoms with van der Waals surface area (Å²) in [7, 11) is 0. The summed E-state index contributed by atoms with van der Waals surface area (Å²) in [4.78, 5) is 15.1. The molecule has 0 amide bonds. The Morgan fingerprint density at radius 3 is 2.71 bits per heavy atom. The summed E-state index contributed by atoms with van der Waals surface area (Å²) in [6, 6.07) is 12.5. The average Bonchev–Trinajstić information content (AvgIpc) is 2.97. The standard InChI is InChI=1S/C15H10FN3O2/c16-12-6-1-2-7-13(12)19-9-17-14(18-19)10-4-3-5-11(8-10)15(20)21/h1-9H,(H,20,21). The SMILES string of the molecule is O=C(O)c1cccc(-c2ncn(-c3ccccc3F)n2)c1. The van der Waals surface area contributed by atoms with E-state index in [-0.39, 0.29) is 11.3 Å². The molecule has 1 N–H and O–H groups in total. The summed E-state index contributed by atoms with van der Waals surface area (Å²) in [6.45, 7) is 0. The van der Waals surface area contributed by atoms with Crippen molar-refractivity contribution in [2.45, 2.75) is 0 Å². The van der Waals surface area contributed by atoms with Crippen molar-refractivity contribution < 1.29 is 14.3 Å². The molecule has 0 bridgehead atoms. The number of hydrogen-bond donors (Lipinski definition) is 1. The molecule has 6 heteroatoms. The monoisotopic (exact) mass is 283 g/mol. The summed E-state index contributed by atoms with van der Waals surface area (Å²) >= 11 is 0. The average molecular weight is 283 g/mol. The molecular formula is C15H10FN3O2. The second kappa shape index (κ2) is 5.16. The summed E-state index contributed by atoms with van der Waals surface area (Å²) in [5.74, 6) is -1.10. The molecule has 0 spiro atoms. The molecule has 3 rings (SSSR count). The van der Waals surface area contributed by atoms with Crippen molar-refractivity contribution in [2.75, 3.05) is 0 Å². The van der Waals surface area contributed by atoms with Crippen LogP contribution in [0.4, 0.5) is 4.39 Å². The lowest BCUT2D eigenvalue weighted by molar-refractivity contribution is 0.0697. The van der Waals surface area contributed by atoms with Crippen LogP contribution >= 0.6 is 0 Å². The lowest BCUT2D eigenvalue weighted by atomic mass is 10.1. The number of carbonyl (C=O) groups is 1. The number of benzene rings is 2. The van der Waals surface area contributed by atoms with E-state index < -0.39 is 11.8 Å². The zero-order valence-electron chi connectivity index (χ0n) is 10.8. The highest BCUT2D eigenvalue weighted by Crippen LogP contribution is 2.18. The van der Waals surface area contributed by atoms with Gasteiger partial charge < -0.3 is 5.11 Å². The molecule has 21 heavy (non-hydrogen) atoms. The molecule has 1 heterocycles. The fourth-order valence-electron chi connectivity index (χ4n) is 1.94. The van der Waals surface area contributed by atoms with E-state index in [0.29, 0.717) is 11.4 Å². The number of aromatic carboxylic acids is 1. The minimum Gasteiger partial charge on any atom is -0.478 e. The number of nitrogens with zero attached hydrogens (tertiary/aromatic N) is 3. The minimum absolute atomic E-state index is 0.148. The van der Waals surface area contributed by atoms with Crippen LogP contribution in [-0.4, -0.2) is 25.8 Å². The molecule has 5 nitrogen and oxygen atoms in total. The number of hydrogen-bond acceptors (Lipinski definition) is 3. The van der Waals surface area contributed by atoms with E-state index in [4.69, 9.17) is 5.11 Å². The highest BCUT2D eigenvalue weighted by atomic mass is 19.1. The highest BCUT2D eigenvalue weighted by molar-refractivity contribution is 5.89. The number of halogens is 1. The molecule has 0 aliphatic rings. The zero-order valence-corrected chi connectivity index (χ0v) is 10.8. The van der Waals surface area contributed by atoms with Crippen LogP contribution < -0.4 is 0 Å². The van der Waals surface area contributed by atoms with Gasteiger partial charge in [-0.2, -0.15) is 0 Å². The topological polar surface area (TPSA) is 68.0 Å². The molecular weight excluding hydrogens is 273 g/mol. The number of carboxylic acid groups (broad SMARTS) is 1. The molecule has 104 valence electrons. The lowest BCUT2D eigenvalue weighted by Crippen LogP contribution is -1.99. The molecule has 0 saturated carbocycles. The fourth-order valence-corrected chi connectivity index (χ4v) is 1.94. The Labute approximate surface area is 119 Å². The van der Waals surface area contributed by atoms with Crippen LogP contribution in [-0.2, 0) is 0 Å². The predicted molar refractivity (Wildman–Crippen MR) is 73.7 cm³/mol. The van der Waals surface area contributed by atoms with E-state index >= 15 is 0 Å². The van der Waals surface area contributed by atoms with Gasteiger partial charge in [0, 0.05) is 5.56 Å². The molecule has 0 unspecified atom stereocenters. The summed E-state index contributed by atoms with van der Waals surface area (Å²) in [5, 5.41) is 13.2. The van der Waals surface area contributed by atoms with E-state index in [9.17, 15) is 9.18 Å². The smallest absolute Gasteiger partial charge is 0.335 e. The van der Waals surface area contributed by atoms with Crippen molar-refractivity contribution in [3.8, 4) is 17.1 Å². The molecule has 0 atom stereocenters. The summed E-state index contributed by atoms with van der Waals surface area (Å²) in [6.07, 6.45) is 1.39. The van der Waals surface area contributed by atoms with E-state index in [1.165, 1.54) is 29.2 Å². The normalized spacial score (nSPS) is 10.5. The van der Waals surface area contributed by atoms with Crippen LogP contribution in [0, 0.1) is 5.82 Å². The molecule has 0 aliphatic heterocycles. The maximum Gasteiger partial charge on any atom is 0.335 e. The molecule has 0 fully saturated rings. The molecule has 1 aromatic heterocycles. The van der Waals surface area contributed by atoms with Crippen molar-refractivity contribution in [3.05, 3.63) is 66.2 Å². The summed E-state index contributed by atoms with van der Waals surface area (Å²) < 4.78 is 15.0. The number of carboxylic acids is 1. The Balaban J connectivity index is 2.01.